The Labute approximate surface area is 178 Å². The van der Waals surface area contributed by atoms with Gasteiger partial charge in [-0.25, -0.2) is 12.8 Å². The Balaban J connectivity index is 1.50. The number of aliphatic imine (C=N–C) groups is 1. The van der Waals surface area contributed by atoms with Crippen molar-refractivity contribution in [2.45, 2.75) is 37.6 Å². The number of rotatable bonds is 7. The smallest absolute Gasteiger partial charge is 0.243 e. The first kappa shape index (κ1) is 22.2. The minimum Gasteiger partial charge on any atom is -0.356 e. The SMILES string of the molecule is CN=C(NCCc1ccc(F)cc1C)NCc1ccc(S(=O)(=O)N2CCCC2)cc1. The molecule has 8 heteroatoms. The summed E-state index contributed by atoms with van der Waals surface area (Å²) in [5.74, 6) is 0.435. The maximum Gasteiger partial charge on any atom is 0.243 e. The van der Waals surface area contributed by atoms with Gasteiger partial charge in [-0.15, -0.1) is 0 Å². The van der Waals surface area contributed by atoms with E-state index in [0.717, 1.165) is 36.0 Å². The molecule has 1 aliphatic heterocycles. The van der Waals surface area contributed by atoms with Gasteiger partial charge in [0.2, 0.25) is 10.0 Å². The fourth-order valence-electron chi connectivity index (χ4n) is 3.52. The normalized spacial score (nSPS) is 15.4. The Kier molecular flexibility index (Phi) is 7.44. The van der Waals surface area contributed by atoms with Crippen LogP contribution in [0.4, 0.5) is 4.39 Å². The number of hydrogen-bond acceptors (Lipinski definition) is 3. The fraction of sp³-hybridized carbons (Fsp3) is 0.409. The number of sulfonamides is 1. The maximum atomic E-state index is 13.2. The van der Waals surface area contributed by atoms with E-state index in [1.807, 2.05) is 19.1 Å². The molecular weight excluding hydrogens is 403 g/mol. The van der Waals surface area contributed by atoms with Gasteiger partial charge < -0.3 is 10.6 Å². The predicted molar refractivity (Wildman–Crippen MR) is 117 cm³/mol. The Bertz CT molecular complexity index is 985. The molecule has 0 radical (unpaired) electrons. The van der Waals surface area contributed by atoms with E-state index in [-0.39, 0.29) is 5.82 Å². The van der Waals surface area contributed by atoms with E-state index in [2.05, 4.69) is 15.6 Å². The van der Waals surface area contributed by atoms with Crippen LogP contribution in [0.5, 0.6) is 0 Å². The summed E-state index contributed by atoms with van der Waals surface area (Å²) in [6.07, 6.45) is 2.61. The molecular formula is C22H29FN4O2S. The summed E-state index contributed by atoms with van der Waals surface area (Å²) >= 11 is 0. The fourth-order valence-corrected chi connectivity index (χ4v) is 5.04. The third-order valence-electron chi connectivity index (χ3n) is 5.30. The van der Waals surface area contributed by atoms with Gasteiger partial charge in [0.15, 0.2) is 5.96 Å². The number of nitrogens with one attached hydrogen (secondary N) is 2. The molecule has 0 bridgehead atoms. The van der Waals surface area contributed by atoms with Gasteiger partial charge in [0.25, 0.3) is 0 Å². The van der Waals surface area contributed by atoms with Gasteiger partial charge in [-0.2, -0.15) is 4.31 Å². The predicted octanol–water partition coefficient (Wildman–Crippen LogP) is 2.83. The second kappa shape index (κ2) is 10.0. The van der Waals surface area contributed by atoms with E-state index in [1.54, 1.807) is 29.6 Å². The zero-order valence-electron chi connectivity index (χ0n) is 17.5. The molecule has 0 spiro atoms. The number of aryl methyl sites for hydroxylation is 1. The van der Waals surface area contributed by atoms with Crippen molar-refractivity contribution in [1.29, 1.82) is 0 Å². The second-order valence-electron chi connectivity index (χ2n) is 7.43. The second-order valence-corrected chi connectivity index (χ2v) is 9.37. The van der Waals surface area contributed by atoms with Gasteiger partial charge in [-0.05, 0) is 67.1 Å². The molecule has 6 nitrogen and oxygen atoms in total. The van der Waals surface area contributed by atoms with Crippen LogP contribution in [0.3, 0.4) is 0 Å². The molecule has 1 aliphatic rings. The van der Waals surface area contributed by atoms with Gasteiger partial charge in [0, 0.05) is 33.2 Å². The lowest BCUT2D eigenvalue weighted by atomic mass is 10.1. The Morgan fingerprint density at radius 3 is 2.43 bits per heavy atom. The van der Waals surface area contributed by atoms with Crippen LogP contribution in [0.2, 0.25) is 0 Å². The summed E-state index contributed by atoms with van der Waals surface area (Å²) in [6, 6.07) is 11.8. The van der Waals surface area contributed by atoms with Crippen molar-refractivity contribution >= 4 is 16.0 Å². The first-order valence-corrected chi connectivity index (χ1v) is 11.6. The average molecular weight is 433 g/mol. The summed E-state index contributed by atoms with van der Waals surface area (Å²) in [7, 11) is -1.68. The number of benzene rings is 2. The van der Waals surface area contributed by atoms with Crippen LogP contribution in [0.15, 0.2) is 52.4 Å². The molecule has 1 heterocycles. The third kappa shape index (κ3) is 5.58. The van der Waals surface area contributed by atoms with Crippen LogP contribution in [-0.4, -0.2) is 45.4 Å². The molecule has 0 aliphatic carbocycles. The Morgan fingerprint density at radius 2 is 1.80 bits per heavy atom. The van der Waals surface area contributed by atoms with Crippen LogP contribution in [0, 0.1) is 12.7 Å². The molecule has 0 saturated carbocycles. The number of hydrogen-bond donors (Lipinski definition) is 2. The molecule has 0 amide bonds. The number of nitrogens with zero attached hydrogens (tertiary/aromatic N) is 2. The topological polar surface area (TPSA) is 73.8 Å². The standard InChI is InChI=1S/C22H29FN4O2S/c1-17-15-20(23)8-7-19(17)11-12-25-22(24-2)26-16-18-5-9-21(10-6-18)30(28,29)27-13-3-4-14-27/h5-10,15H,3-4,11-14,16H2,1-2H3,(H2,24,25,26). The Hall–Kier alpha value is -2.45. The molecule has 30 heavy (non-hydrogen) atoms. The summed E-state index contributed by atoms with van der Waals surface area (Å²) in [4.78, 5) is 4.55. The van der Waals surface area contributed by atoms with Gasteiger partial charge in [0.05, 0.1) is 4.90 Å². The molecule has 2 N–H and O–H groups in total. The lowest BCUT2D eigenvalue weighted by molar-refractivity contribution is 0.477. The number of guanidine groups is 1. The molecule has 1 saturated heterocycles. The molecule has 162 valence electrons. The lowest BCUT2D eigenvalue weighted by Gasteiger charge is -2.16. The molecule has 1 fully saturated rings. The first-order chi connectivity index (χ1) is 14.4. The maximum absolute atomic E-state index is 13.2. The van der Waals surface area contributed by atoms with Gasteiger partial charge in [-0.3, -0.25) is 4.99 Å². The van der Waals surface area contributed by atoms with Crippen LogP contribution < -0.4 is 10.6 Å². The highest BCUT2D eigenvalue weighted by Crippen LogP contribution is 2.21. The highest BCUT2D eigenvalue weighted by molar-refractivity contribution is 7.89. The zero-order valence-corrected chi connectivity index (χ0v) is 18.3. The first-order valence-electron chi connectivity index (χ1n) is 10.2. The van der Waals surface area contributed by atoms with E-state index in [4.69, 9.17) is 0 Å². The van der Waals surface area contributed by atoms with Crippen molar-refractivity contribution in [3.05, 3.63) is 65.0 Å². The van der Waals surface area contributed by atoms with Gasteiger partial charge in [0.1, 0.15) is 5.82 Å². The van der Waals surface area contributed by atoms with Crippen molar-refractivity contribution in [1.82, 2.24) is 14.9 Å². The largest absolute Gasteiger partial charge is 0.356 e. The van der Waals surface area contributed by atoms with Crippen molar-refractivity contribution in [3.8, 4) is 0 Å². The average Bonchev–Trinajstić information content (AvgIpc) is 3.28. The molecule has 2 aromatic carbocycles. The summed E-state index contributed by atoms with van der Waals surface area (Å²) in [5, 5.41) is 6.47. The van der Waals surface area contributed by atoms with E-state index in [9.17, 15) is 12.8 Å². The molecule has 3 rings (SSSR count). The van der Waals surface area contributed by atoms with Gasteiger partial charge >= 0.3 is 0 Å². The van der Waals surface area contributed by atoms with Crippen LogP contribution in [-0.2, 0) is 23.0 Å². The monoisotopic (exact) mass is 432 g/mol. The lowest BCUT2D eigenvalue weighted by Crippen LogP contribution is -2.37. The van der Waals surface area contributed by atoms with E-state index < -0.39 is 10.0 Å². The quantitative estimate of drug-likeness (QED) is 0.521. The van der Waals surface area contributed by atoms with Crippen LogP contribution in [0.25, 0.3) is 0 Å². The minimum absolute atomic E-state index is 0.221. The molecule has 0 unspecified atom stereocenters. The van der Waals surface area contributed by atoms with E-state index >= 15 is 0 Å². The summed E-state index contributed by atoms with van der Waals surface area (Å²) < 4.78 is 39.9. The Morgan fingerprint density at radius 1 is 1.10 bits per heavy atom. The van der Waals surface area contributed by atoms with E-state index in [0.29, 0.717) is 37.0 Å². The summed E-state index contributed by atoms with van der Waals surface area (Å²) in [5.41, 5.74) is 2.99. The summed E-state index contributed by atoms with van der Waals surface area (Å²) in [6.45, 7) is 4.30. The van der Waals surface area contributed by atoms with E-state index in [1.165, 1.54) is 12.1 Å². The molecule has 0 aromatic heterocycles. The molecule has 0 atom stereocenters. The van der Waals surface area contributed by atoms with Gasteiger partial charge in [-0.1, -0.05) is 18.2 Å². The highest BCUT2D eigenvalue weighted by Gasteiger charge is 2.26. The highest BCUT2D eigenvalue weighted by atomic mass is 32.2. The zero-order chi connectivity index (χ0) is 21.6. The van der Waals surface area contributed by atoms with Crippen molar-refractivity contribution in [2.24, 2.45) is 4.99 Å². The van der Waals surface area contributed by atoms with Crippen molar-refractivity contribution in [3.63, 3.8) is 0 Å². The minimum atomic E-state index is -3.38. The van der Waals surface area contributed by atoms with Crippen LogP contribution >= 0.6 is 0 Å². The van der Waals surface area contributed by atoms with Crippen molar-refractivity contribution in [2.75, 3.05) is 26.7 Å². The third-order valence-corrected chi connectivity index (χ3v) is 7.21. The van der Waals surface area contributed by atoms with Crippen molar-refractivity contribution < 1.29 is 12.8 Å². The number of halogens is 1. The molecule has 2 aromatic rings. The van der Waals surface area contributed by atoms with Crippen LogP contribution in [0.1, 0.15) is 29.5 Å².